The molecule has 1 aliphatic rings. The van der Waals surface area contributed by atoms with Crippen LogP contribution in [-0.4, -0.2) is 37.6 Å². The zero-order valence-corrected chi connectivity index (χ0v) is 15.1. The van der Waals surface area contributed by atoms with E-state index >= 15 is 0 Å². The van der Waals surface area contributed by atoms with Crippen molar-refractivity contribution < 1.29 is 13.9 Å². The largest absolute Gasteiger partial charge is 0.497 e. The molecule has 0 radical (unpaired) electrons. The summed E-state index contributed by atoms with van der Waals surface area (Å²) in [5.41, 5.74) is 1.18. The van der Waals surface area contributed by atoms with Crippen LogP contribution >= 0.6 is 0 Å². The Bertz CT molecular complexity index is 744. The highest BCUT2D eigenvalue weighted by atomic mass is 19.1. The lowest BCUT2D eigenvalue weighted by molar-refractivity contribution is 0.0920. The van der Waals surface area contributed by atoms with Crippen LogP contribution < -0.4 is 10.1 Å². The summed E-state index contributed by atoms with van der Waals surface area (Å²) in [7, 11) is 1.65. The molecule has 1 N–H and O–H groups in total. The van der Waals surface area contributed by atoms with Crippen LogP contribution in [0.25, 0.3) is 0 Å². The van der Waals surface area contributed by atoms with Gasteiger partial charge >= 0.3 is 0 Å². The van der Waals surface area contributed by atoms with Crippen LogP contribution in [-0.2, 0) is 0 Å². The number of hydrogen-bond acceptors (Lipinski definition) is 3. The molecule has 0 aromatic heterocycles. The van der Waals surface area contributed by atoms with Gasteiger partial charge in [0.1, 0.15) is 11.6 Å². The van der Waals surface area contributed by atoms with Crippen LogP contribution in [0.3, 0.4) is 0 Å². The molecule has 2 aromatic carbocycles. The Morgan fingerprint density at radius 3 is 2.65 bits per heavy atom. The molecule has 138 valence electrons. The van der Waals surface area contributed by atoms with Gasteiger partial charge in [-0.15, -0.1) is 0 Å². The lowest BCUT2D eigenvalue weighted by Gasteiger charge is -2.35. The van der Waals surface area contributed by atoms with E-state index in [1.807, 2.05) is 18.2 Å². The van der Waals surface area contributed by atoms with Crippen LogP contribution in [0, 0.1) is 5.82 Å². The summed E-state index contributed by atoms with van der Waals surface area (Å²) in [6.07, 6.45) is 3.55. The van der Waals surface area contributed by atoms with Gasteiger partial charge in [0, 0.05) is 6.54 Å². The van der Waals surface area contributed by atoms with Crippen molar-refractivity contribution >= 4 is 5.91 Å². The number of nitrogens with one attached hydrogen (secondary N) is 1. The van der Waals surface area contributed by atoms with Gasteiger partial charge in [-0.25, -0.2) is 4.39 Å². The van der Waals surface area contributed by atoms with Gasteiger partial charge in [-0.2, -0.15) is 0 Å². The van der Waals surface area contributed by atoms with Crippen LogP contribution in [0.1, 0.15) is 41.2 Å². The second-order valence-corrected chi connectivity index (χ2v) is 6.58. The normalized spacial score (nSPS) is 16.1. The van der Waals surface area contributed by atoms with Gasteiger partial charge in [0.2, 0.25) is 0 Å². The van der Waals surface area contributed by atoms with Gasteiger partial charge < -0.3 is 10.1 Å². The molecule has 0 spiro atoms. The van der Waals surface area contributed by atoms with Crippen LogP contribution in [0.15, 0.2) is 48.5 Å². The van der Waals surface area contributed by atoms with Gasteiger partial charge in [0.05, 0.1) is 18.7 Å². The number of likely N-dealkylation sites (tertiary alicyclic amines) is 1. The summed E-state index contributed by atoms with van der Waals surface area (Å²) in [6.45, 7) is 2.43. The fourth-order valence-corrected chi connectivity index (χ4v) is 3.47. The molecule has 0 bridgehead atoms. The van der Waals surface area contributed by atoms with E-state index in [1.165, 1.54) is 18.6 Å². The molecule has 1 amide bonds. The van der Waals surface area contributed by atoms with Gasteiger partial charge in [-0.05, 0) is 55.8 Å². The van der Waals surface area contributed by atoms with E-state index in [0.717, 1.165) is 37.2 Å². The van der Waals surface area contributed by atoms with Crippen molar-refractivity contribution in [2.24, 2.45) is 0 Å². The second kappa shape index (κ2) is 8.81. The van der Waals surface area contributed by atoms with E-state index in [-0.39, 0.29) is 17.5 Å². The Morgan fingerprint density at radius 1 is 1.15 bits per heavy atom. The first-order chi connectivity index (χ1) is 12.7. The molecule has 1 unspecified atom stereocenters. The number of nitrogens with zero attached hydrogens (tertiary/aromatic N) is 1. The molecule has 1 heterocycles. The molecular formula is C21H25FN2O2. The molecule has 3 rings (SSSR count). The molecule has 1 aliphatic heterocycles. The predicted octanol–water partition coefficient (Wildman–Crippen LogP) is 3.79. The number of hydrogen-bond donors (Lipinski definition) is 1. The van der Waals surface area contributed by atoms with E-state index in [4.69, 9.17) is 4.74 Å². The molecule has 1 atom stereocenters. The number of halogens is 1. The average Bonchev–Trinajstić information content (AvgIpc) is 2.69. The molecular weight excluding hydrogens is 331 g/mol. The van der Waals surface area contributed by atoms with Crippen molar-refractivity contribution in [1.29, 1.82) is 0 Å². The molecule has 4 nitrogen and oxygen atoms in total. The molecule has 1 fully saturated rings. The Hall–Kier alpha value is -2.40. The third-order valence-corrected chi connectivity index (χ3v) is 4.88. The van der Waals surface area contributed by atoms with Crippen molar-refractivity contribution in [3.05, 3.63) is 65.5 Å². The summed E-state index contributed by atoms with van der Waals surface area (Å²) in [4.78, 5) is 14.8. The third-order valence-electron chi connectivity index (χ3n) is 4.88. The molecule has 2 aromatic rings. The minimum Gasteiger partial charge on any atom is -0.497 e. The number of amides is 1. The summed E-state index contributed by atoms with van der Waals surface area (Å²) >= 11 is 0. The van der Waals surface area contributed by atoms with Crippen molar-refractivity contribution in [2.45, 2.75) is 25.3 Å². The highest BCUT2D eigenvalue weighted by Gasteiger charge is 2.24. The van der Waals surface area contributed by atoms with E-state index in [0.29, 0.717) is 6.54 Å². The number of carbonyl (C=O) groups is 1. The number of benzene rings is 2. The van der Waals surface area contributed by atoms with Crippen LogP contribution in [0.2, 0.25) is 0 Å². The van der Waals surface area contributed by atoms with Gasteiger partial charge in [0.25, 0.3) is 5.91 Å². The van der Waals surface area contributed by atoms with Crippen molar-refractivity contribution in [3.8, 4) is 5.75 Å². The highest BCUT2D eigenvalue weighted by molar-refractivity contribution is 5.94. The SMILES string of the molecule is COc1cccc(C(CNC(=O)c2ccccc2F)N2CCCCC2)c1. The Morgan fingerprint density at radius 2 is 1.92 bits per heavy atom. The Labute approximate surface area is 154 Å². The van der Waals surface area contributed by atoms with E-state index in [9.17, 15) is 9.18 Å². The minimum absolute atomic E-state index is 0.0427. The zero-order valence-electron chi connectivity index (χ0n) is 15.1. The maximum absolute atomic E-state index is 13.9. The lowest BCUT2D eigenvalue weighted by atomic mass is 10.0. The standard InChI is InChI=1S/C21H25FN2O2/c1-26-17-9-7-8-16(14-17)20(24-12-5-2-6-13-24)15-23-21(25)18-10-3-4-11-19(18)22/h3-4,7-11,14,20H,2,5-6,12-13,15H2,1H3,(H,23,25). The molecule has 0 aliphatic carbocycles. The fraction of sp³-hybridized carbons (Fsp3) is 0.381. The predicted molar refractivity (Wildman–Crippen MR) is 99.9 cm³/mol. The summed E-state index contributed by atoms with van der Waals surface area (Å²) in [5, 5.41) is 2.91. The van der Waals surface area contributed by atoms with Crippen molar-refractivity contribution in [2.75, 3.05) is 26.7 Å². The quantitative estimate of drug-likeness (QED) is 0.856. The summed E-state index contributed by atoms with van der Waals surface area (Å²) in [6, 6.07) is 14.0. The number of ether oxygens (including phenoxy) is 1. The lowest BCUT2D eigenvalue weighted by Crippen LogP contribution is -2.40. The Balaban J connectivity index is 1.77. The number of piperidine rings is 1. The second-order valence-electron chi connectivity index (χ2n) is 6.58. The first-order valence-corrected chi connectivity index (χ1v) is 9.10. The maximum atomic E-state index is 13.9. The van der Waals surface area contributed by atoms with Gasteiger partial charge in [-0.1, -0.05) is 30.7 Å². The monoisotopic (exact) mass is 356 g/mol. The van der Waals surface area contributed by atoms with Gasteiger partial charge in [0.15, 0.2) is 0 Å². The van der Waals surface area contributed by atoms with Gasteiger partial charge in [-0.3, -0.25) is 9.69 Å². The first kappa shape index (κ1) is 18.4. The fourth-order valence-electron chi connectivity index (χ4n) is 3.47. The first-order valence-electron chi connectivity index (χ1n) is 9.10. The van der Waals surface area contributed by atoms with Crippen molar-refractivity contribution in [1.82, 2.24) is 10.2 Å². The molecule has 5 heteroatoms. The van der Waals surface area contributed by atoms with E-state index < -0.39 is 5.82 Å². The molecule has 0 saturated carbocycles. The van der Waals surface area contributed by atoms with E-state index in [1.54, 1.807) is 19.2 Å². The highest BCUT2D eigenvalue weighted by Crippen LogP contribution is 2.27. The third kappa shape index (κ3) is 4.41. The summed E-state index contributed by atoms with van der Waals surface area (Å²) < 4.78 is 19.2. The topological polar surface area (TPSA) is 41.6 Å². The Kier molecular flexibility index (Phi) is 6.23. The number of carbonyl (C=O) groups excluding carboxylic acids is 1. The van der Waals surface area contributed by atoms with E-state index in [2.05, 4.69) is 16.3 Å². The smallest absolute Gasteiger partial charge is 0.254 e. The minimum atomic E-state index is -0.499. The van der Waals surface area contributed by atoms with Crippen LogP contribution in [0.4, 0.5) is 4.39 Å². The molecule has 1 saturated heterocycles. The number of methoxy groups -OCH3 is 1. The summed E-state index contributed by atoms with van der Waals surface area (Å²) in [5.74, 6) is -0.0844. The number of rotatable bonds is 6. The van der Waals surface area contributed by atoms with Crippen LogP contribution in [0.5, 0.6) is 5.75 Å². The van der Waals surface area contributed by atoms with Crippen molar-refractivity contribution in [3.63, 3.8) is 0 Å². The maximum Gasteiger partial charge on any atom is 0.254 e. The zero-order chi connectivity index (χ0) is 18.4. The average molecular weight is 356 g/mol. The molecule has 26 heavy (non-hydrogen) atoms.